The number of H-pyrrole nitrogens is 2. The molecule has 0 radical (unpaired) electrons. The fourth-order valence-corrected chi connectivity index (χ4v) is 4.17. The number of carbonyl (C=O) groups is 1. The van der Waals surface area contributed by atoms with E-state index >= 15 is 0 Å². The molecule has 0 aliphatic rings. The Hall–Kier alpha value is -4.07. The van der Waals surface area contributed by atoms with Crippen molar-refractivity contribution in [2.24, 2.45) is 0 Å². The Morgan fingerprint density at radius 2 is 1.78 bits per heavy atom. The summed E-state index contributed by atoms with van der Waals surface area (Å²) in [4.78, 5) is 40.5. The minimum atomic E-state index is -0.445. The smallest absolute Gasteiger partial charge is 0.337 e. The maximum absolute atomic E-state index is 13.0. The average Bonchev–Trinajstić information content (AvgIpc) is 3.33. The highest BCUT2D eigenvalue weighted by Crippen LogP contribution is 2.39. The van der Waals surface area contributed by atoms with Crippen molar-refractivity contribution in [3.05, 3.63) is 68.1 Å². The predicted molar refractivity (Wildman–Crippen MR) is 122 cm³/mol. The van der Waals surface area contributed by atoms with E-state index in [2.05, 4.69) is 10.1 Å². The molecule has 0 saturated carbocycles. The van der Waals surface area contributed by atoms with Crippen molar-refractivity contribution >= 4 is 39.1 Å². The van der Waals surface area contributed by atoms with Gasteiger partial charge >= 0.3 is 5.97 Å². The molecular weight excluding hydrogens is 410 g/mol. The first-order valence-corrected chi connectivity index (χ1v) is 10.2. The van der Waals surface area contributed by atoms with E-state index in [4.69, 9.17) is 9.15 Å². The lowest BCUT2D eigenvalue weighted by molar-refractivity contribution is 0.0601. The molecule has 0 bridgehead atoms. The van der Waals surface area contributed by atoms with Gasteiger partial charge in [-0.2, -0.15) is 0 Å². The van der Waals surface area contributed by atoms with Crippen LogP contribution in [0.15, 0.2) is 50.4 Å². The molecule has 0 saturated heterocycles. The maximum Gasteiger partial charge on any atom is 0.337 e. The van der Waals surface area contributed by atoms with Crippen LogP contribution in [-0.2, 0) is 4.74 Å². The molecule has 0 spiro atoms. The van der Waals surface area contributed by atoms with Gasteiger partial charge in [-0.25, -0.2) is 4.79 Å². The van der Waals surface area contributed by atoms with E-state index in [-0.39, 0.29) is 17.0 Å². The normalized spacial score (nSPS) is 11.8. The molecule has 5 aromatic rings. The number of methoxy groups -OCH3 is 1. The Bertz CT molecular complexity index is 1650. The topological polar surface area (TPSA) is 110 Å². The molecule has 0 fully saturated rings. The lowest BCUT2D eigenvalue weighted by atomic mass is 10.0. The summed E-state index contributed by atoms with van der Waals surface area (Å²) in [6, 6.07) is 10.0. The number of aryl methyl sites for hydroxylation is 1. The molecule has 3 aromatic heterocycles. The third-order valence-electron chi connectivity index (χ3n) is 5.82. The quantitative estimate of drug-likeness (QED) is 0.415. The summed E-state index contributed by atoms with van der Waals surface area (Å²) in [6.07, 6.45) is 0. The van der Waals surface area contributed by atoms with Crippen molar-refractivity contribution in [3.8, 4) is 11.1 Å². The first kappa shape index (κ1) is 19.9. The van der Waals surface area contributed by atoms with Crippen LogP contribution in [0.2, 0.25) is 0 Å². The van der Waals surface area contributed by atoms with Crippen molar-refractivity contribution in [3.63, 3.8) is 0 Å². The van der Waals surface area contributed by atoms with Crippen LogP contribution in [0.25, 0.3) is 44.2 Å². The summed E-state index contributed by atoms with van der Waals surface area (Å²) in [6.45, 7) is 5.66. The monoisotopic (exact) mass is 431 g/mol. The Balaban J connectivity index is 1.96. The predicted octanol–water partition coefficient (Wildman–Crippen LogP) is 4.26. The van der Waals surface area contributed by atoms with Crippen molar-refractivity contribution in [2.75, 3.05) is 7.11 Å². The minimum Gasteiger partial charge on any atom is -0.465 e. The average molecular weight is 431 g/mol. The van der Waals surface area contributed by atoms with Crippen molar-refractivity contribution in [2.45, 2.75) is 26.8 Å². The zero-order valence-corrected chi connectivity index (χ0v) is 18.0. The number of rotatable bonds is 3. The molecule has 0 aliphatic carbocycles. The number of aromatic amines is 2. The zero-order valence-electron chi connectivity index (χ0n) is 18.0. The summed E-state index contributed by atoms with van der Waals surface area (Å²) >= 11 is 0. The zero-order chi connectivity index (χ0) is 22.7. The molecule has 2 aromatic carbocycles. The molecule has 2 N–H and O–H groups in total. The Kier molecular flexibility index (Phi) is 4.33. The molecule has 32 heavy (non-hydrogen) atoms. The first-order valence-electron chi connectivity index (χ1n) is 10.2. The van der Waals surface area contributed by atoms with Gasteiger partial charge in [-0.3, -0.25) is 19.4 Å². The SMILES string of the molecule is COC(=O)c1ccc(-c2c3oc4c(C)c(=O)ccc4c3[nH]c3c2c(=O)[nH]n3C(C)C)cc1. The van der Waals surface area contributed by atoms with Gasteiger partial charge in [-0.15, -0.1) is 0 Å². The largest absolute Gasteiger partial charge is 0.465 e. The number of fused-ring (bicyclic) bond motifs is 4. The van der Waals surface area contributed by atoms with Crippen LogP contribution in [0.3, 0.4) is 0 Å². The van der Waals surface area contributed by atoms with E-state index < -0.39 is 5.97 Å². The van der Waals surface area contributed by atoms with Crippen molar-refractivity contribution in [1.82, 2.24) is 14.8 Å². The van der Waals surface area contributed by atoms with E-state index in [1.54, 1.807) is 41.9 Å². The second kappa shape index (κ2) is 6.98. The summed E-state index contributed by atoms with van der Waals surface area (Å²) < 4.78 is 12.8. The number of benzene rings is 2. The molecule has 0 amide bonds. The van der Waals surface area contributed by atoms with E-state index in [9.17, 15) is 14.4 Å². The summed E-state index contributed by atoms with van der Waals surface area (Å²) in [5.74, 6) is -0.445. The number of aromatic nitrogens is 3. The van der Waals surface area contributed by atoms with Gasteiger partial charge in [0.25, 0.3) is 5.56 Å². The molecule has 8 nitrogen and oxygen atoms in total. The number of esters is 1. The summed E-state index contributed by atoms with van der Waals surface area (Å²) in [7, 11) is 1.32. The van der Waals surface area contributed by atoms with Gasteiger partial charge < -0.3 is 14.1 Å². The highest BCUT2D eigenvalue weighted by Gasteiger charge is 2.23. The molecule has 5 rings (SSSR count). The van der Waals surface area contributed by atoms with Crippen LogP contribution in [0, 0.1) is 6.92 Å². The maximum atomic E-state index is 13.0. The second-order valence-electron chi connectivity index (χ2n) is 8.07. The third-order valence-corrected chi connectivity index (χ3v) is 5.82. The van der Waals surface area contributed by atoms with Crippen molar-refractivity contribution in [1.29, 1.82) is 0 Å². The number of furan rings is 1. The Morgan fingerprint density at radius 1 is 1.06 bits per heavy atom. The van der Waals surface area contributed by atoms with E-state index in [0.717, 1.165) is 5.39 Å². The van der Waals surface area contributed by atoms with Crippen LogP contribution >= 0.6 is 0 Å². The van der Waals surface area contributed by atoms with Gasteiger partial charge in [0.1, 0.15) is 11.2 Å². The Labute approximate surface area is 181 Å². The fourth-order valence-electron chi connectivity index (χ4n) is 4.17. The third kappa shape index (κ3) is 2.72. The lowest BCUT2D eigenvalue weighted by Crippen LogP contribution is -2.07. The number of ether oxygens (including phenoxy) is 1. The Morgan fingerprint density at radius 3 is 2.44 bits per heavy atom. The lowest BCUT2D eigenvalue weighted by Gasteiger charge is -2.10. The first-order chi connectivity index (χ1) is 15.3. The van der Waals surface area contributed by atoms with E-state index in [0.29, 0.717) is 50.0 Å². The van der Waals surface area contributed by atoms with Crippen LogP contribution < -0.4 is 11.0 Å². The molecule has 0 atom stereocenters. The highest BCUT2D eigenvalue weighted by molar-refractivity contribution is 6.14. The molecule has 3 heterocycles. The van der Waals surface area contributed by atoms with Gasteiger partial charge in [0.15, 0.2) is 11.0 Å². The molecule has 0 aliphatic heterocycles. The van der Waals surface area contributed by atoms with Gasteiger partial charge in [0.05, 0.1) is 23.6 Å². The van der Waals surface area contributed by atoms with Crippen LogP contribution in [0.5, 0.6) is 0 Å². The summed E-state index contributed by atoms with van der Waals surface area (Å²) in [5, 5.41) is 4.10. The van der Waals surface area contributed by atoms with Gasteiger partial charge in [-0.1, -0.05) is 12.1 Å². The molecule has 0 unspecified atom stereocenters. The molecular formula is C24H21N3O5. The molecule has 162 valence electrons. The number of nitrogens with one attached hydrogen (secondary N) is 2. The number of pyridine rings is 1. The van der Waals surface area contributed by atoms with Gasteiger partial charge in [0.2, 0.25) is 0 Å². The number of carbonyl (C=O) groups excluding carboxylic acids is 1. The van der Waals surface area contributed by atoms with Gasteiger partial charge in [0, 0.05) is 22.6 Å². The van der Waals surface area contributed by atoms with Gasteiger partial charge in [-0.05, 0) is 50.6 Å². The fraction of sp³-hybridized carbons (Fsp3) is 0.208. The number of hydrogen-bond acceptors (Lipinski definition) is 5. The van der Waals surface area contributed by atoms with Crippen LogP contribution in [0.1, 0.15) is 35.8 Å². The van der Waals surface area contributed by atoms with E-state index in [1.165, 1.54) is 13.2 Å². The van der Waals surface area contributed by atoms with Crippen molar-refractivity contribution < 1.29 is 13.9 Å². The van der Waals surface area contributed by atoms with Crippen LogP contribution in [-0.4, -0.2) is 27.8 Å². The van der Waals surface area contributed by atoms with E-state index in [1.807, 2.05) is 13.8 Å². The van der Waals surface area contributed by atoms with Crippen LogP contribution in [0.4, 0.5) is 0 Å². The number of hydrogen-bond donors (Lipinski definition) is 2. The molecule has 8 heteroatoms. The second-order valence-corrected chi connectivity index (χ2v) is 8.07. The number of nitrogens with zero attached hydrogens (tertiary/aromatic N) is 1. The highest BCUT2D eigenvalue weighted by atomic mass is 16.5. The minimum absolute atomic E-state index is 0.00315. The summed E-state index contributed by atoms with van der Waals surface area (Å²) in [5.41, 5.74) is 4.08. The standard InChI is InChI=1S/C24H21N3O5/c1-11(2)27-22-18(23(29)26-27)17(13-5-7-14(8-6-13)24(30)31-4)21-19(25-22)15-9-10-16(28)12(3)20(15)32-21/h5-11,25H,1-4H3,(H,26,29).